The highest BCUT2D eigenvalue weighted by molar-refractivity contribution is 7.87. The summed E-state index contributed by atoms with van der Waals surface area (Å²) in [6, 6.07) is 3.64. The zero-order chi connectivity index (χ0) is 22.9. The van der Waals surface area contributed by atoms with E-state index in [4.69, 9.17) is 0 Å². The topological polar surface area (TPSA) is 95.2 Å². The van der Waals surface area contributed by atoms with Crippen molar-refractivity contribution < 1.29 is 39.6 Å². The van der Waals surface area contributed by atoms with Gasteiger partial charge in [0.2, 0.25) is 0 Å². The molecule has 0 saturated heterocycles. The van der Waals surface area contributed by atoms with Gasteiger partial charge in [0.1, 0.15) is 11.4 Å². The Morgan fingerprint density at radius 3 is 2.37 bits per heavy atom. The first-order chi connectivity index (χ1) is 13.7. The maximum Gasteiger partial charge on any atom is 0.410 e. The number of rotatable bonds is 7. The molecule has 2 aromatic heterocycles. The number of likely N-dealkylation sites (N-methyl/N-ethyl adjacent to an activating group) is 1. The van der Waals surface area contributed by atoms with E-state index in [2.05, 4.69) is 9.97 Å². The molecule has 2 atom stereocenters. The van der Waals surface area contributed by atoms with Crippen molar-refractivity contribution >= 4 is 16.1 Å². The SMILES string of the molecule is CN(C(C)(C(F)c1ccnc(C(F)F)c1)C(F)(F)F)S(=O)(=O)NC(=O)c1ccc[nH]1. The maximum atomic E-state index is 15.1. The molecule has 166 valence electrons. The fraction of sp³-hybridized carbons (Fsp3) is 0.375. The van der Waals surface area contributed by atoms with Gasteiger partial charge in [0.15, 0.2) is 11.7 Å². The van der Waals surface area contributed by atoms with Gasteiger partial charge in [0.25, 0.3) is 12.3 Å². The second-order valence-corrected chi connectivity index (χ2v) is 8.01. The molecule has 0 radical (unpaired) electrons. The number of carbonyl (C=O) groups excluding carboxylic acids is 1. The van der Waals surface area contributed by atoms with E-state index in [1.807, 2.05) is 0 Å². The molecule has 2 rings (SSSR count). The Morgan fingerprint density at radius 1 is 1.23 bits per heavy atom. The lowest BCUT2D eigenvalue weighted by molar-refractivity contribution is -0.228. The van der Waals surface area contributed by atoms with Gasteiger partial charge in [-0.05, 0) is 36.8 Å². The largest absolute Gasteiger partial charge is 0.410 e. The van der Waals surface area contributed by atoms with Crippen molar-refractivity contribution in [1.29, 1.82) is 0 Å². The van der Waals surface area contributed by atoms with Crippen LogP contribution in [0.15, 0.2) is 36.7 Å². The van der Waals surface area contributed by atoms with E-state index in [1.165, 1.54) is 17.0 Å². The van der Waals surface area contributed by atoms with Crippen LogP contribution >= 0.6 is 0 Å². The zero-order valence-corrected chi connectivity index (χ0v) is 16.2. The molecule has 0 aliphatic carbocycles. The van der Waals surface area contributed by atoms with E-state index < -0.39 is 56.0 Å². The molecule has 2 unspecified atom stereocenters. The van der Waals surface area contributed by atoms with Gasteiger partial charge in [-0.2, -0.15) is 25.9 Å². The number of amides is 1. The highest BCUT2D eigenvalue weighted by Gasteiger charge is 2.63. The van der Waals surface area contributed by atoms with Gasteiger partial charge in [0, 0.05) is 19.4 Å². The summed E-state index contributed by atoms with van der Waals surface area (Å²) >= 11 is 0. The summed E-state index contributed by atoms with van der Waals surface area (Å²) in [5, 5.41) is 0. The van der Waals surface area contributed by atoms with E-state index in [-0.39, 0.29) is 12.6 Å². The van der Waals surface area contributed by atoms with E-state index in [0.29, 0.717) is 19.3 Å². The number of hydrogen-bond acceptors (Lipinski definition) is 4. The van der Waals surface area contributed by atoms with Crippen LogP contribution < -0.4 is 4.72 Å². The second kappa shape index (κ2) is 8.26. The summed E-state index contributed by atoms with van der Waals surface area (Å²) in [5.74, 6) is -1.28. The number of H-pyrrole nitrogens is 1. The maximum absolute atomic E-state index is 15.1. The Bertz CT molecular complexity index is 997. The molecular weight excluding hydrogens is 442 g/mol. The summed E-state index contributed by atoms with van der Waals surface area (Å²) in [7, 11) is -4.80. The van der Waals surface area contributed by atoms with Gasteiger partial charge >= 0.3 is 16.4 Å². The molecule has 7 nitrogen and oxygen atoms in total. The van der Waals surface area contributed by atoms with Crippen LogP contribution in [0, 0.1) is 0 Å². The standard InChI is InChI=1S/C16H16F6N4O3S/c1-15(16(20,21)22,12(17)9-5-7-24-11(8-9)13(18)19)26(2)30(28,29)25-14(27)10-4-3-6-23-10/h3-8,12-13,23H,1-2H3,(H,25,27). The van der Waals surface area contributed by atoms with E-state index in [0.717, 1.165) is 12.1 Å². The number of halogens is 6. The van der Waals surface area contributed by atoms with E-state index in [1.54, 1.807) is 0 Å². The quantitative estimate of drug-likeness (QED) is 0.623. The number of nitrogens with zero attached hydrogens (tertiary/aromatic N) is 2. The minimum atomic E-state index is -5.50. The van der Waals surface area contributed by atoms with Crippen molar-refractivity contribution in [3.8, 4) is 0 Å². The molecule has 1 amide bonds. The van der Waals surface area contributed by atoms with Crippen molar-refractivity contribution in [2.24, 2.45) is 0 Å². The molecule has 0 aromatic carbocycles. The fourth-order valence-corrected chi connectivity index (χ4v) is 3.69. The van der Waals surface area contributed by atoms with Gasteiger partial charge in [-0.15, -0.1) is 0 Å². The third-order valence-corrected chi connectivity index (χ3v) is 6.01. The molecule has 14 heteroatoms. The number of carbonyl (C=O) groups is 1. The number of hydrogen-bond donors (Lipinski definition) is 2. The smallest absolute Gasteiger partial charge is 0.357 e. The molecule has 2 aromatic rings. The molecule has 0 bridgehead atoms. The Balaban J connectivity index is 2.47. The molecule has 0 aliphatic rings. The first kappa shape index (κ1) is 23.7. The monoisotopic (exact) mass is 458 g/mol. The number of nitrogens with one attached hydrogen (secondary N) is 2. The Hall–Kier alpha value is -2.61. The normalized spacial score (nSPS) is 15.8. The van der Waals surface area contributed by atoms with Crippen molar-refractivity contribution in [3.63, 3.8) is 0 Å². The Labute approximate surface area is 167 Å². The Morgan fingerprint density at radius 2 is 1.87 bits per heavy atom. The van der Waals surface area contributed by atoms with Crippen LogP contribution in [0.2, 0.25) is 0 Å². The lowest BCUT2D eigenvalue weighted by Gasteiger charge is -2.41. The average Bonchev–Trinajstić information content (AvgIpc) is 3.20. The van der Waals surface area contributed by atoms with Crippen LogP contribution in [0.5, 0.6) is 0 Å². The first-order valence-electron chi connectivity index (χ1n) is 8.11. The summed E-state index contributed by atoms with van der Waals surface area (Å²) < 4.78 is 108. The predicted octanol–water partition coefficient (Wildman–Crippen LogP) is 3.29. The lowest BCUT2D eigenvalue weighted by Crippen LogP contribution is -2.62. The van der Waals surface area contributed by atoms with Crippen molar-refractivity contribution in [2.45, 2.75) is 31.2 Å². The second-order valence-electron chi connectivity index (χ2n) is 6.31. The summed E-state index contributed by atoms with van der Waals surface area (Å²) in [6.07, 6.45) is -9.86. The van der Waals surface area contributed by atoms with Gasteiger partial charge < -0.3 is 4.98 Å². The summed E-state index contributed by atoms with van der Waals surface area (Å²) in [6.45, 7) is 0.235. The zero-order valence-electron chi connectivity index (χ0n) is 15.4. The average molecular weight is 458 g/mol. The molecule has 0 fully saturated rings. The van der Waals surface area contributed by atoms with Crippen LogP contribution in [0.3, 0.4) is 0 Å². The predicted molar refractivity (Wildman–Crippen MR) is 92.4 cm³/mol. The van der Waals surface area contributed by atoms with Crippen LogP contribution in [0.4, 0.5) is 26.3 Å². The van der Waals surface area contributed by atoms with Crippen LogP contribution in [-0.4, -0.2) is 47.4 Å². The van der Waals surface area contributed by atoms with Crippen molar-refractivity contribution in [2.75, 3.05) is 7.05 Å². The highest BCUT2D eigenvalue weighted by Crippen LogP contribution is 2.46. The molecule has 2 heterocycles. The molecule has 0 spiro atoms. The minimum Gasteiger partial charge on any atom is -0.357 e. The van der Waals surface area contributed by atoms with Gasteiger partial charge in [-0.1, -0.05) is 0 Å². The van der Waals surface area contributed by atoms with Crippen LogP contribution in [0.1, 0.15) is 41.3 Å². The number of pyridine rings is 1. The summed E-state index contributed by atoms with van der Waals surface area (Å²) in [4.78, 5) is 17.5. The van der Waals surface area contributed by atoms with Gasteiger partial charge in [-0.25, -0.2) is 17.9 Å². The van der Waals surface area contributed by atoms with E-state index >= 15 is 4.39 Å². The first-order valence-corrected chi connectivity index (χ1v) is 9.55. The van der Waals surface area contributed by atoms with Crippen LogP contribution in [-0.2, 0) is 10.2 Å². The molecule has 2 N–H and O–H groups in total. The number of alkyl halides is 6. The summed E-state index contributed by atoms with van der Waals surface area (Å²) in [5.41, 5.74) is -5.87. The molecule has 0 aliphatic heterocycles. The Kier molecular flexibility index (Phi) is 6.51. The third-order valence-electron chi connectivity index (χ3n) is 4.47. The number of aromatic amines is 1. The fourth-order valence-electron chi connectivity index (χ4n) is 2.51. The van der Waals surface area contributed by atoms with Crippen molar-refractivity contribution in [3.05, 3.63) is 53.6 Å². The van der Waals surface area contributed by atoms with Crippen molar-refractivity contribution in [1.82, 2.24) is 19.0 Å². The lowest BCUT2D eigenvalue weighted by atomic mass is 9.90. The van der Waals surface area contributed by atoms with Crippen LogP contribution in [0.25, 0.3) is 0 Å². The number of aromatic nitrogens is 2. The van der Waals surface area contributed by atoms with Gasteiger partial charge in [-0.3, -0.25) is 9.78 Å². The minimum absolute atomic E-state index is 0.235. The highest BCUT2D eigenvalue weighted by atomic mass is 32.2. The van der Waals surface area contributed by atoms with E-state index in [9.17, 15) is 35.2 Å². The molecule has 30 heavy (non-hydrogen) atoms. The van der Waals surface area contributed by atoms with Gasteiger partial charge in [0.05, 0.1) is 0 Å². The molecule has 0 saturated carbocycles. The third kappa shape index (κ3) is 4.43. The molecular formula is C16H16F6N4O3S.